The Bertz CT molecular complexity index is 492. The molecule has 1 aromatic carbocycles. The first-order valence-corrected chi connectivity index (χ1v) is 6.58. The summed E-state index contributed by atoms with van der Waals surface area (Å²) in [5, 5.41) is 11.2. The molecule has 0 saturated heterocycles. The fraction of sp³-hybridized carbons (Fsp3) is 0.500. The van der Waals surface area contributed by atoms with E-state index in [1.807, 2.05) is 6.07 Å². The Morgan fingerprint density at radius 3 is 2.63 bits per heavy atom. The minimum absolute atomic E-state index is 0.0684. The average molecular weight is 258 g/mol. The monoisotopic (exact) mass is 258 g/mol. The van der Waals surface area contributed by atoms with E-state index < -0.39 is 0 Å². The quantitative estimate of drug-likeness (QED) is 0.902. The SMILES string of the molecule is Cc1ccc(C(C)(C)C)cc1CCNC(=O)CC#N. The summed E-state index contributed by atoms with van der Waals surface area (Å²) in [4.78, 5) is 11.2. The van der Waals surface area contributed by atoms with Crippen molar-refractivity contribution in [3.63, 3.8) is 0 Å². The molecule has 0 spiro atoms. The first kappa shape index (κ1) is 15.2. The zero-order valence-corrected chi connectivity index (χ0v) is 12.2. The van der Waals surface area contributed by atoms with E-state index in [0.29, 0.717) is 6.54 Å². The molecule has 1 amide bonds. The fourth-order valence-corrected chi connectivity index (χ4v) is 1.88. The molecule has 0 aromatic heterocycles. The Balaban J connectivity index is 2.68. The molecule has 0 aliphatic rings. The van der Waals surface area contributed by atoms with Crippen LogP contribution in [0.4, 0.5) is 0 Å². The van der Waals surface area contributed by atoms with Crippen LogP contribution in [0.2, 0.25) is 0 Å². The van der Waals surface area contributed by atoms with Crippen LogP contribution in [-0.4, -0.2) is 12.5 Å². The van der Waals surface area contributed by atoms with Crippen molar-refractivity contribution in [3.05, 3.63) is 34.9 Å². The van der Waals surface area contributed by atoms with Crippen molar-refractivity contribution in [1.29, 1.82) is 5.26 Å². The third-order valence-electron chi connectivity index (χ3n) is 3.17. The van der Waals surface area contributed by atoms with Gasteiger partial charge in [-0.15, -0.1) is 0 Å². The van der Waals surface area contributed by atoms with Crippen molar-refractivity contribution in [1.82, 2.24) is 5.32 Å². The molecule has 19 heavy (non-hydrogen) atoms. The predicted octanol–water partition coefficient (Wildman–Crippen LogP) is 2.86. The average Bonchev–Trinajstić information content (AvgIpc) is 2.30. The highest BCUT2D eigenvalue weighted by Crippen LogP contribution is 2.24. The zero-order valence-electron chi connectivity index (χ0n) is 12.2. The van der Waals surface area contributed by atoms with Crippen LogP contribution in [-0.2, 0) is 16.6 Å². The lowest BCUT2D eigenvalue weighted by Crippen LogP contribution is -2.25. The zero-order chi connectivity index (χ0) is 14.5. The largest absolute Gasteiger partial charge is 0.355 e. The highest BCUT2D eigenvalue weighted by atomic mass is 16.1. The van der Waals surface area contributed by atoms with Crippen LogP contribution in [0.3, 0.4) is 0 Å². The molecule has 3 heteroatoms. The van der Waals surface area contributed by atoms with E-state index >= 15 is 0 Å². The van der Waals surface area contributed by atoms with E-state index in [0.717, 1.165) is 6.42 Å². The summed E-state index contributed by atoms with van der Waals surface area (Å²) < 4.78 is 0. The number of hydrogen-bond donors (Lipinski definition) is 1. The maximum Gasteiger partial charge on any atom is 0.234 e. The van der Waals surface area contributed by atoms with Crippen molar-refractivity contribution >= 4 is 5.91 Å². The van der Waals surface area contributed by atoms with Gasteiger partial charge in [0.2, 0.25) is 5.91 Å². The summed E-state index contributed by atoms with van der Waals surface area (Å²) >= 11 is 0. The van der Waals surface area contributed by atoms with Gasteiger partial charge >= 0.3 is 0 Å². The molecule has 1 rings (SSSR count). The van der Waals surface area contributed by atoms with Crippen LogP contribution in [0.1, 0.15) is 43.9 Å². The van der Waals surface area contributed by atoms with Gasteiger partial charge in [-0.2, -0.15) is 5.26 Å². The predicted molar refractivity (Wildman–Crippen MR) is 76.8 cm³/mol. The van der Waals surface area contributed by atoms with Gasteiger partial charge in [0.1, 0.15) is 6.42 Å². The molecule has 0 aliphatic carbocycles. The molecule has 0 aliphatic heterocycles. The molecule has 1 aromatic rings. The summed E-state index contributed by atoms with van der Waals surface area (Å²) in [7, 11) is 0. The second kappa shape index (κ2) is 6.38. The highest BCUT2D eigenvalue weighted by Gasteiger charge is 2.14. The van der Waals surface area contributed by atoms with Crippen molar-refractivity contribution < 1.29 is 4.79 Å². The highest BCUT2D eigenvalue weighted by molar-refractivity contribution is 5.77. The van der Waals surface area contributed by atoms with Crippen LogP contribution < -0.4 is 5.32 Å². The van der Waals surface area contributed by atoms with Crippen molar-refractivity contribution in [2.45, 2.75) is 46.0 Å². The molecule has 0 fully saturated rings. The Kier molecular flexibility index (Phi) is 5.11. The number of hydrogen-bond acceptors (Lipinski definition) is 2. The van der Waals surface area contributed by atoms with Gasteiger partial charge in [0, 0.05) is 6.54 Å². The number of carbonyl (C=O) groups is 1. The standard InChI is InChI=1S/C16H22N2O/c1-12-5-6-14(16(2,3)4)11-13(12)8-10-18-15(19)7-9-17/h5-6,11H,7-8,10H2,1-4H3,(H,18,19). The first-order valence-electron chi connectivity index (χ1n) is 6.58. The number of amides is 1. The van der Waals surface area contributed by atoms with E-state index in [1.165, 1.54) is 16.7 Å². The smallest absolute Gasteiger partial charge is 0.234 e. The lowest BCUT2D eigenvalue weighted by Gasteiger charge is -2.21. The normalized spacial score (nSPS) is 10.9. The third kappa shape index (κ3) is 4.75. The molecule has 0 saturated carbocycles. The van der Waals surface area contributed by atoms with Gasteiger partial charge < -0.3 is 5.32 Å². The maximum absolute atomic E-state index is 11.2. The minimum Gasteiger partial charge on any atom is -0.355 e. The number of carbonyl (C=O) groups excluding carboxylic acids is 1. The van der Waals surface area contributed by atoms with E-state index in [-0.39, 0.29) is 17.7 Å². The van der Waals surface area contributed by atoms with Crippen molar-refractivity contribution in [2.75, 3.05) is 6.54 Å². The summed E-state index contributed by atoms with van der Waals surface area (Å²) in [6, 6.07) is 8.35. The second-order valence-corrected chi connectivity index (χ2v) is 5.83. The van der Waals surface area contributed by atoms with Gasteiger partial charge in [-0.3, -0.25) is 4.79 Å². The van der Waals surface area contributed by atoms with Crippen LogP contribution in [0.5, 0.6) is 0 Å². The van der Waals surface area contributed by atoms with E-state index in [4.69, 9.17) is 5.26 Å². The maximum atomic E-state index is 11.2. The Morgan fingerprint density at radius 2 is 2.05 bits per heavy atom. The van der Waals surface area contributed by atoms with Crippen LogP contribution >= 0.6 is 0 Å². The topological polar surface area (TPSA) is 52.9 Å². The molecule has 0 atom stereocenters. The number of benzene rings is 1. The molecular weight excluding hydrogens is 236 g/mol. The number of nitriles is 1. The van der Waals surface area contributed by atoms with Gasteiger partial charge in [0.15, 0.2) is 0 Å². The van der Waals surface area contributed by atoms with Crippen molar-refractivity contribution in [3.8, 4) is 6.07 Å². The van der Waals surface area contributed by atoms with Crippen molar-refractivity contribution in [2.24, 2.45) is 0 Å². The van der Waals surface area contributed by atoms with Crippen LogP contribution in [0, 0.1) is 18.3 Å². The molecule has 0 radical (unpaired) electrons. The molecule has 3 nitrogen and oxygen atoms in total. The van der Waals surface area contributed by atoms with Crippen LogP contribution in [0.25, 0.3) is 0 Å². The van der Waals surface area contributed by atoms with Gasteiger partial charge in [0.25, 0.3) is 0 Å². The summed E-state index contributed by atoms with van der Waals surface area (Å²) in [6.45, 7) is 9.23. The lowest BCUT2D eigenvalue weighted by atomic mass is 9.85. The first-order chi connectivity index (χ1) is 8.84. The van der Waals surface area contributed by atoms with E-state index in [2.05, 4.69) is 51.2 Å². The molecule has 0 bridgehead atoms. The number of rotatable bonds is 4. The Labute approximate surface area is 115 Å². The third-order valence-corrected chi connectivity index (χ3v) is 3.17. The lowest BCUT2D eigenvalue weighted by molar-refractivity contribution is -0.120. The molecule has 102 valence electrons. The fourth-order valence-electron chi connectivity index (χ4n) is 1.88. The molecule has 1 N–H and O–H groups in total. The summed E-state index contributed by atoms with van der Waals surface area (Å²) in [6.07, 6.45) is 0.730. The number of aryl methyl sites for hydroxylation is 1. The van der Waals surface area contributed by atoms with Gasteiger partial charge in [-0.1, -0.05) is 39.0 Å². The van der Waals surface area contributed by atoms with Gasteiger partial charge in [-0.25, -0.2) is 0 Å². The number of nitrogens with zero attached hydrogens (tertiary/aromatic N) is 1. The Hall–Kier alpha value is -1.82. The van der Waals surface area contributed by atoms with E-state index in [1.54, 1.807) is 0 Å². The van der Waals surface area contributed by atoms with Gasteiger partial charge in [0.05, 0.1) is 6.07 Å². The molecule has 0 heterocycles. The summed E-state index contributed by atoms with van der Waals surface area (Å²) in [5.41, 5.74) is 3.93. The van der Waals surface area contributed by atoms with Gasteiger partial charge in [-0.05, 0) is 35.4 Å². The molecule has 0 unspecified atom stereocenters. The summed E-state index contributed by atoms with van der Waals surface area (Å²) in [5.74, 6) is -0.202. The minimum atomic E-state index is -0.202. The van der Waals surface area contributed by atoms with Crippen LogP contribution in [0.15, 0.2) is 18.2 Å². The number of nitrogens with one attached hydrogen (secondary N) is 1. The molecular formula is C16H22N2O. The second-order valence-electron chi connectivity index (χ2n) is 5.83. The van der Waals surface area contributed by atoms with E-state index in [9.17, 15) is 4.79 Å². The Morgan fingerprint density at radius 1 is 1.37 bits per heavy atom.